The molecule has 4 rings (SSSR count). The van der Waals surface area contributed by atoms with Crippen molar-refractivity contribution >= 4 is 23.2 Å². The maximum Gasteiger partial charge on any atom is 0.417 e. The summed E-state index contributed by atoms with van der Waals surface area (Å²) in [4.78, 5) is 14.5. The molecule has 3 aromatic rings. The third-order valence-corrected chi connectivity index (χ3v) is 5.07. The van der Waals surface area contributed by atoms with Crippen molar-refractivity contribution in [3.63, 3.8) is 0 Å². The topological polar surface area (TPSA) is 62.5 Å². The third kappa shape index (κ3) is 4.03. The van der Waals surface area contributed by atoms with Crippen molar-refractivity contribution in [2.24, 2.45) is 5.92 Å². The minimum absolute atomic E-state index is 0.106. The van der Waals surface area contributed by atoms with Crippen LogP contribution in [0, 0.1) is 12.8 Å². The van der Waals surface area contributed by atoms with E-state index in [1.807, 2.05) is 36.1 Å². The summed E-state index contributed by atoms with van der Waals surface area (Å²) in [7, 11) is 0. The van der Waals surface area contributed by atoms with Crippen LogP contribution >= 0.6 is 0 Å². The van der Waals surface area contributed by atoms with Gasteiger partial charge in [0.1, 0.15) is 0 Å². The molecule has 2 aromatic heterocycles. The highest BCUT2D eigenvalue weighted by Crippen LogP contribution is 2.31. The SMILES string of the molecule is Cc1cccc(NC(=O)C2CCCN(c3nnc4ccc(C(F)(F)F)cn34)C2)c1. The van der Waals surface area contributed by atoms with E-state index in [2.05, 4.69) is 15.5 Å². The molecular formula is C20H20F3N5O. The number of hydrogen-bond acceptors (Lipinski definition) is 4. The minimum Gasteiger partial charge on any atom is -0.340 e. The summed E-state index contributed by atoms with van der Waals surface area (Å²) in [6, 6.07) is 9.83. The summed E-state index contributed by atoms with van der Waals surface area (Å²) in [5.74, 6) is -0.0772. The number of nitrogens with zero attached hydrogens (tertiary/aromatic N) is 4. The molecule has 6 nitrogen and oxygen atoms in total. The molecule has 1 aliphatic rings. The number of alkyl halides is 3. The Hall–Kier alpha value is -3.10. The maximum atomic E-state index is 13.1. The van der Waals surface area contributed by atoms with E-state index >= 15 is 0 Å². The quantitative estimate of drug-likeness (QED) is 0.720. The molecule has 1 aromatic carbocycles. The molecule has 1 fully saturated rings. The molecule has 1 amide bonds. The number of pyridine rings is 1. The molecule has 9 heteroatoms. The number of benzene rings is 1. The number of aromatic nitrogens is 3. The smallest absolute Gasteiger partial charge is 0.340 e. The Morgan fingerprint density at radius 1 is 1.21 bits per heavy atom. The Balaban J connectivity index is 1.54. The normalized spacial score (nSPS) is 17.5. The van der Waals surface area contributed by atoms with Crippen LogP contribution in [0.25, 0.3) is 5.65 Å². The lowest BCUT2D eigenvalue weighted by atomic mass is 9.97. The standard InChI is InChI=1S/C20H20F3N5O/c1-13-4-2-6-16(10-13)24-18(29)14-5-3-9-27(11-14)19-26-25-17-8-7-15(12-28(17)19)20(21,22)23/h2,4,6-8,10,12,14H,3,5,9,11H2,1H3,(H,24,29). The van der Waals surface area contributed by atoms with Crippen LogP contribution < -0.4 is 10.2 Å². The molecule has 0 aliphatic carbocycles. The van der Waals surface area contributed by atoms with Crippen molar-refractivity contribution in [1.82, 2.24) is 14.6 Å². The van der Waals surface area contributed by atoms with Crippen molar-refractivity contribution in [3.8, 4) is 0 Å². The summed E-state index contributed by atoms with van der Waals surface area (Å²) >= 11 is 0. The van der Waals surface area contributed by atoms with Crippen LogP contribution in [-0.4, -0.2) is 33.6 Å². The summed E-state index contributed by atoms with van der Waals surface area (Å²) in [6.45, 7) is 2.92. The molecule has 0 spiro atoms. The third-order valence-electron chi connectivity index (χ3n) is 5.07. The number of aryl methyl sites for hydroxylation is 1. The molecular weight excluding hydrogens is 383 g/mol. The van der Waals surface area contributed by atoms with Gasteiger partial charge >= 0.3 is 6.18 Å². The molecule has 1 N–H and O–H groups in total. The van der Waals surface area contributed by atoms with Crippen LogP contribution in [0.1, 0.15) is 24.0 Å². The summed E-state index contributed by atoms with van der Waals surface area (Å²) in [5, 5.41) is 11.0. The lowest BCUT2D eigenvalue weighted by Crippen LogP contribution is -2.41. The summed E-state index contributed by atoms with van der Waals surface area (Å²) in [6.07, 6.45) is -2.01. The predicted octanol–water partition coefficient (Wildman–Crippen LogP) is 3.91. The average Bonchev–Trinajstić information content (AvgIpc) is 3.11. The first-order chi connectivity index (χ1) is 13.8. The Labute approximate surface area is 165 Å². The van der Waals surface area contributed by atoms with Gasteiger partial charge in [-0.25, -0.2) is 0 Å². The molecule has 1 saturated heterocycles. The Kier molecular flexibility index (Phi) is 4.89. The first-order valence-electron chi connectivity index (χ1n) is 9.36. The van der Waals surface area contributed by atoms with E-state index in [0.29, 0.717) is 31.1 Å². The van der Waals surface area contributed by atoms with Crippen LogP contribution in [-0.2, 0) is 11.0 Å². The van der Waals surface area contributed by atoms with E-state index in [9.17, 15) is 18.0 Å². The van der Waals surface area contributed by atoms with Gasteiger partial charge in [0.15, 0.2) is 5.65 Å². The zero-order valence-corrected chi connectivity index (χ0v) is 15.8. The zero-order valence-electron chi connectivity index (χ0n) is 15.8. The first kappa shape index (κ1) is 19.2. The second kappa shape index (κ2) is 7.38. The highest BCUT2D eigenvalue weighted by Gasteiger charge is 2.32. The number of carbonyl (C=O) groups excluding carboxylic acids is 1. The largest absolute Gasteiger partial charge is 0.417 e. The van der Waals surface area contributed by atoms with Crippen LogP contribution in [0.5, 0.6) is 0 Å². The number of halogens is 3. The number of hydrogen-bond donors (Lipinski definition) is 1. The second-order valence-electron chi connectivity index (χ2n) is 7.29. The van der Waals surface area contributed by atoms with Crippen molar-refractivity contribution in [3.05, 3.63) is 53.7 Å². The Bertz CT molecular complexity index is 1050. The van der Waals surface area contributed by atoms with Crippen molar-refractivity contribution < 1.29 is 18.0 Å². The number of anilines is 2. The van der Waals surface area contributed by atoms with E-state index in [1.165, 1.54) is 10.5 Å². The monoisotopic (exact) mass is 403 g/mol. The molecule has 152 valence electrons. The fourth-order valence-electron chi connectivity index (χ4n) is 3.60. The van der Waals surface area contributed by atoms with Crippen molar-refractivity contribution in [2.45, 2.75) is 25.9 Å². The number of fused-ring (bicyclic) bond motifs is 1. The van der Waals surface area contributed by atoms with Gasteiger partial charge < -0.3 is 10.2 Å². The van der Waals surface area contributed by atoms with E-state index in [0.717, 1.165) is 29.9 Å². The lowest BCUT2D eigenvalue weighted by molar-refractivity contribution is -0.137. The lowest BCUT2D eigenvalue weighted by Gasteiger charge is -2.32. The molecule has 1 aliphatic heterocycles. The molecule has 0 saturated carbocycles. The predicted molar refractivity (Wildman–Crippen MR) is 103 cm³/mol. The highest BCUT2D eigenvalue weighted by molar-refractivity contribution is 5.93. The highest BCUT2D eigenvalue weighted by atomic mass is 19.4. The number of piperidine rings is 1. The van der Waals surface area contributed by atoms with E-state index < -0.39 is 11.7 Å². The van der Waals surface area contributed by atoms with Gasteiger partial charge in [-0.1, -0.05) is 12.1 Å². The van der Waals surface area contributed by atoms with Gasteiger partial charge in [0.25, 0.3) is 0 Å². The Morgan fingerprint density at radius 3 is 2.79 bits per heavy atom. The van der Waals surface area contributed by atoms with Crippen LogP contribution in [0.15, 0.2) is 42.6 Å². The van der Waals surface area contributed by atoms with Crippen molar-refractivity contribution in [1.29, 1.82) is 0 Å². The number of rotatable bonds is 3. The van der Waals surface area contributed by atoms with Crippen LogP contribution in [0.3, 0.4) is 0 Å². The van der Waals surface area contributed by atoms with Gasteiger partial charge in [0, 0.05) is 25.0 Å². The van der Waals surface area contributed by atoms with Gasteiger partial charge in [-0.05, 0) is 49.6 Å². The molecule has 29 heavy (non-hydrogen) atoms. The van der Waals surface area contributed by atoms with E-state index in [1.54, 1.807) is 0 Å². The minimum atomic E-state index is -4.45. The summed E-state index contributed by atoms with van der Waals surface area (Å²) in [5.41, 5.74) is 1.34. The van der Waals surface area contributed by atoms with E-state index in [4.69, 9.17) is 0 Å². The molecule has 1 unspecified atom stereocenters. The van der Waals surface area contributed by atoms with Gasteiger partial charge in [-0.3, -0.25) is 9.20 Å². The molecule has 0 bridgehead atoms. The maximum absolute atomic E-state index is 13.1. The Morgan fingerprint density at radius 2 is 2.03 bits per heavy atom. The van der Waals surface area contributed by atoms with Crippen LogP contribution in [0.4, 0.5) is 24.8 Å². The first-order valence-corrected chi connectivity index (χ1v) is 9.36. The van der Waals surface area contributed by atoms with Gasteiger partial charge in [0.2, 0.25) is 11.9 Å². The zero-order chi connectivity index (χ0) is 20.6. The molecule has 1 atom stereocenters. The summed E-state index contributed by atoms with van der Waals surface area (Å²) < 4.78 is 40.6. The fourth-order valence-corrected chi connectivity index (χ4v) is 3.60. The average molecular weight is 403 g/mol. The van der Waals surface area contributed by atoms with Gasteiger partial charge in [0.05, 0.1) is 11.5 Å². The van der Waals surface area contributed by atoms with E-state index in [-0.39, 0.29) is 11.8 Å². The number of carbonyl (C=O) groups is 1. The van der Waals surface area contributed by atoms with Gasteiger partial charge in [-0.2, -0.15) is 13.2 Å². The molecule has 3 heterocycles. The second-order valence-corrected chi connectivity index (χ2v) is 7.29. The van der Waals surface area contributed by atoms with Crippen molar-refractivity contribution in [2.75, 3.05) is 23.3 Å². The van der Waals surface area contributed by atoms with Crippen LogP contribution in [0.2, 0.25) is 0 Å². The number of amides is 1. The number of nitrogens with one attached hydrogen (secondary N) is 1. The van der Waals surface area contributed by atoms with Gasteiger partial charge in [-0.15, -0.1) is 10.2 Å². The fraction of sp³-hybridized carbons (Fsp3) is 0.350. The molecule has 0 radical (unpaired) electrons.